The Hall–Kier alpha value is -2.63. The van der Waals surface area contributed by atoms with Crippen molar-refractivity contribution in [2.75, 3.05) is 36.8 Å². The Morgan fingerprint density at radius 1 is 1.00 bits per heavy atom. The molecule has 2 aromatic rings. The molecular formula is C15H17N5O. The molecule has 6 heteroatoms. The van der Waals surface area contributed by atoms with E-state index in [1.165, 1.54) is 12.4 Å². The Morgan fingerprint density at radius 3 is 2.33 bits per heavy atom. The van der Waals surface area contributed by atoms with Gasteiger partial charge in [-0.2, -0.15) is 10.2 Å². The van der Waals surface area contributed by atoms with Crippen molar-refractivity contribution in [1.82, 2.24) is 15.1 Å². The summed E-state index contributed by atoms with van der Waals surface area (Å²) in [5.74, 6) is 0.0156. The molecule has 6 nitrogen and oxygen atoms in total. The summed E-state index contributed by atoms with van der Waals surface area (Å²) in [6.45, 7) is 3.03. The van der Waals surface area contributed by atoms with Gasteiger partial charge in [-0.25, -0.2) is 0 Å². The van der Waals surface area contributed by atoms with Crippen LogP contribution in [0.25, 0.3) is 0 Å². The van der Waals surface area contributed by atoms with Crippen molar-refractivity contribution >= 4 is 17.3 Å². The van der Waals surface area contributed by atoms with E-state index in [1.54, 1.807) is 6.07 Å². The van der Waals surface area contributed by atoms with Gasteiger partial charge in [0.25, 0.3) is 5.91 Å². The summed E-state index contributed by atoms with van der Waals surface area (Å²) in [6.07, 6.45) is 3.05. The molecule has 0 atom stereocenters. The van der Waals surface area contributed by atoms with Gasteiger partial charge in [-0.05, 0) is 30.3 Å². The van der Waals surface area contributed by atoms with E-state index in [2.05, 4.69) is 15.1 Å². The number of hydrogen-bond acceptors (Lipinski definition) is 5. The summed E-state index contributed by atoms with van der Waals surface area (Å²) in [6, 6.07) is 9.52. The first-order valence-corrected chi connectivity index (χ1v) is 6.90. The van der Waals surface area contributed by atoms with Crippen molar-refractivity contribution in [3.05, 3.63) is 48.3 Å². The molecule has 0 spiro atoms. The first-order chi connectivity index (χ1) is 10.2. The molecule has 0 aliphatic carbocycles. The van der Waals surface area contributed by atoms with Crippen LogP contribution in [0.3, 0.4) is 0 Å². The summed E-state index contributed by atoms with van der Waals surface area (Å²) in [5.41, 5.74) is 8.19. The number of carbonyl (C=O) groups excluding carboxylic acids is 1. The molecule has 0 unspecified atom stereocenters. The lowest BCUT2D eigenvalue weighted by molar-refractivity contribution is 0.0746. The van der Waals surface area contributed by atoms with E-state index in [-0.39, 0.29) is 5.91 Å². The third-order valence-corrected chi connectivity index (χ3v) is 3.66. The average Bonchev–Trinajstić information content (AvgIpc) is 2.56. The number of nitrogens with zero attached hydrogens (tertiary/aromatic N) is 4. The number of aromatic nitrogens is 2. The standard InChI is InChI=1S/C15H17N5O/c16-13-1-3-14(4-2-13)19-7-9-20(10-8-19)15(21)12-5-6-17-18-11-12/h1-6,11H,7-10,16H2. The molecule has 21 heavy (non-hydrogen) atoms. The molecule has 1 aliphatic heterocycles. The predicted octanol–water partition coefficient (Wildman–Crippen LogP) is 1.02. The Kier molecular flexibility index (Phi) is 3.68. The molecule has 0 bridgehead atoms. The van der Waals surface area contributed by atoms with Gasteiger partial charge in [-0.15, -0.1) is 0 Å². The van der Waals surface area contributed by atoms with Crippen LogP contribution >= 0.6 is 0 Å². The average molecular weight is 283 g/mol. The van der Waals surface area contributed by atoms with Crippen molar-refractivity contribution in [1.29, 1.82) is 0 Å². The fourth-order valence-electron chi connectivity index (χ4n) is 2.45. The van der Waals surface area contributed by atoms with E-state index < -0.39 is 0 Å². The number of carbonyl (C=O) groups is 1. The fourth-order valence-corrected chi connectivity index (χ4v) is 2.45. The van der Waals surface area contributed by atoms with Gasteiger partial charge in [-0.3, -0.25) is 4.79 Å². The van der Waals surface area contributed by atoms with E-state index in [0.29, 0.717) is 18.7 Å². The predicted molar refractivity (Wildman–Crippen MR) is 81.0 cm³/mol. The summed E-state index contributed by atoms with van der Waals surface area (Å²) in [4.78, 5) is 16.4. The number of hydrogen-bond donors (Lipinski definition) is 1. The van der Waals surface area contributed by atoms with Gasteiger partial charge in [0.05, 0.1) is 18.0 Å². The lowest BCUT2D eigenvalue weighted by Gasteiger charge is -2.36. The first-order valence-electron chi connectivity index (χ1n) is 6.90. The van der Waals surface area contributed by atoms with Gasteiger partial charge in [-0.1, -0.05) is 0 Å². The Balaban J connectivity index is 1.63. The maximum Gasteiger partial charge on any atom is 0.255 e. The largest absolute Gasteiger partial charge is 0.399 e. The highest BCUT2D eigenvalue weighted by atomic mass is 16.2. The summed E-state index contributed by atoms with van der Waals surface area (Å²) in [7, 11) is 0. The number of piperazine rings is 1. The molecule has 1 amide bonds. The monoisotopic (exact) mass is 283 g/mol. The lowest BCUT2D eigenvalue weighted by Crippen LogP contribution is -2.48. The minimum Gasteiger partial charge on any atom is -0.399 e. The second-order valence-electron chi connectivity index (χ2n) is 5.00. The van der Waals surface area contributed by atoms with Gasteiger partial charge < -0.3 is 15.5 Å². The van der Waals surface area contributed by atoms with Gasteiger partial charge in [0.15, 0.2) is 0 Å². The quantitative estimate of drug-likeness (QED) is 0.833. The number of rotatable bonds is 2. The number of anilines is 2. The van der Waals surface area contributed by atoms with Gasteiger partial charge in [0.2, 0.25) is 0 Å². The normalized spacial score (nSPS) is 15.0. The molecule has 1 fully saturated rings. The highest BCUT2D eigenvalue weighted by molar-refractivity contribution is 5.93. The van der Waals surface area contributed by atoms with Crippen LogP contribution in [0.15, 0.2) is 42.7 Å². The van der Waals surface area contributed by atoms with E-state index in [4.69, 9.17) is 5.73 Å². The maximum absolute atomic E-state index is 12.3. The van der Waals surface area contributed by atoms with Crippen LogP contribution in [-0.2, 0) is 0 Å². The van der Waals surface area contributed by atoms with Crippen molar-refractivity contribution in [3.8, 4) is 0 Å². The molecule has 2 heterocycles. The topological polar surface area (TPSA) is 75.3 Å². The van der Waals surface area contributed by atoms with E-state index in [9.17, 15) is 4.79 Å². The van der Waals surface area contributed by atoms with Gasteiger partial charge in [0, 0.05) is 37.6 Å². The minimum atomic E-state index is 0.0156. The van der Waals surface area contributed by atoms with Crippen molar-refractivity contribution < 1.29 is 4.79 Å². The molecule has 3 rings (SSSR count). The lowest BCUT2D eigenvalue weighted by atomic mass is 10.2. The highest BCUT2D eigenvalue weighted by Crippen LogP contribution is 2.18. The van der Waals surface area contributed by atoms with Crippen LogP contribution in [0.5, 0.6) is 0 Å². The molecule has 1 aliphatic rings. The zero-order chi connectivity index (χ0) is 14.7. The van der Waals surface area contributed by atoms with Crippen LogP contribution in [0.2, 0.25) is 0 Å². The smallest absolute Gasteiger partial charge is 0.255 e. The third kappa shape index (κ3) is 2.94. The van der Waals surface area contributed by atoms with E-state index in [0.717, 1.165) is 24.5 Å². The zero-order valence-corrected chi connectivity index (χ0v) is 11.6. The van der Waals surface area contributed by atoms with Crippen molar-refractivity contribution in [2.45, 2.75) is 0 Å². The number of nitrogen functional groups attached to an aromatic ring is 1. The highest BCUT2D eigenvalue weighted by Gasteiger charge is 2.22. The molecule has 2 N–H and O–H groups in total. The van der Waals surface area contributed by atoms with Gasteiger partial charge >= 0.3 is 0 Å². The van der Waals surface area contributed by atoms with Crippen LogP contribution in [0, 0.1) is 0 Å². The number of nitrogens with two attached hydrogens (primary N) is 1. The molecule has 1 saturated heterocycles. The second-order valence-corrected chi connectivity index (χ2v) is 5.00. The van der Waals surface area contributed by atoms with Crippen LogP contribution in [-0.4, -0.2) is 47.2 Å². The van der Waals surface area contributed by atoms with E-state index in [1.807, 2.05) is 29.2 Å². The third-order valence-electron chi connectivity index (χ3n) is 3.66. The van der Waals surface area contributed by atoms with Crippen molar-refractivity contribution in [3.63, 3.8) is 0 Å². The molecule has 108 valence electrons. The second kappa shape index (κ2) is 5.78. The van der Waals surface area contributed by atoms with Crippen LogP contribution in [0.4, 0.5) is 11.4 Å². The molecule has 1 aromatic heterocycles. The Labute approximate surface area is 123 Å². The first kappa shape index (κ1) is 13.4. The fraction of sp³-hybridized carbons (Fsp3) is 0.267. The minimum absolute atomic E-state index is 0.0156. The molecule has 0 saturated carbocycles. The SMILES string of the molecule is Nc1ccc(N2CCN(C(=O)c3ccnnc3)CC2)cc1. The maximum atomic E-state index is 12.3. The van der Waals surface area contributed by atoms with Crippen molar-refractivity contribution in [2.24, 2.45) is 0 Å². The molecule has 0 radical (unpaired) electrons. The number of amides is 1. The zero-order valence-electron chi connectivity index (χ0n) is 11.6. The molecule has 1 aromatic carbocycles. The molecular weight excluding hydrogens is 266 g/mol. The Bertz CT molecular complexity index is 606. The summed E-state index contributed by atoms with van der Waals surface area (Å²) >= 11 is 0. The number of benzene rings is 1. The van der Waals surface area contributed by atoms with Crippen LogP contribution in [0.1, 0.15) is 10.4 Å². The summed E-state index contributed by atoms with van der Waals surface area (Å²) in [5, 5.41) is 7.44. The summed E-state index contributed by atoms with van der Waals surface area (Å²) < 4.78 is 0. The van der Waals surface area contributed by atoms with Crippen LogP contribution < -0.4 is 10.6 Å². The Morgan fingerprint density at radius 2 is 1.71 bits per heavy atom. The van der Waals surface area contributed by atoms with E-state index >= 15 is 0 Å². The van der Waals surface area contributed by atoms with Gasteiger partial charge in [0.1, 0.15) is 0 Å².